The van der Waals surface area contributed by atoms with Crippen LogP contribution in [0.3, 0.4) is 0 Å². The number of hydrogen-bond donors (Lipinski definition) is 0. The minimum atomic E-state index is -0.830. The standard InChI is InChI=1S/C33H36N2O9S/c1-7-15-43-23-14-12-22(18-26(23)41-9-3)30-29(32(38)42-10-4)20(5)34-33-35(30)31(37)27(45-33)17-21-11-13-24(25(16-21)40-8-2)44-19-28(36)39-6/h7,11-14,16-18,30H,1,8-10,15,19H2,2-6H3/t30-/m0/s1. The van der Waals surface area contributed by atoms with Crippen molar-refractivity contribution in [1.82, 2.24) is 4.57 Å². The van der Waals surface area contributed by atoms with Crippen LogP contribution >= 0.6 is 11.3 Å². The van der Waals surface area contributed by atoms with E-state index in [1.54, 1.807) is 62.4 Å². The van der Waals surface area contributed by atoms with Gasteiger partial charge < -0.3 is 28.4 Å². The molecule has 1 atom stereocenters. The van der Waals surface area contributed by atoms with Gasteiger partial charge in [0.25, 0.3) is 5.56 Å². The second kappa shape index (κ2) is 15.2. The zero-order valence-electron chi connectivity index (χ0n) is 25.9. The van der Waals surface area contributed by atoms with Crippen molar-refractivity contribution in [2.45, 2.75) is 33.7 Å². The highest BCUT2D eigenvalue weighted by atomic mass is 32.1. The average molecular weight is 637 g/mol. The summed E-state index contributed by atoms with van der Waals surface area (Å²) in [6.07, 6.45) is 3.35. The molecule has 45 heavy (non-hydrogen) atoms. The molecule has 0 bridgehead atoms. The Balaban J connectivity index is 1.86. The Kier molecular flexibility index (Phi) is 11.2. The Hall–Kier alpha value is -4.84. The maximum atomic E-state index is 14.1. The second-order valence-corrected chi connectivity index (χ2v) is 10.6. The Bertz CT molecular complexity index is 1790. The number of rotatable bonds is 14. The number of carbonyl (C=O) groups is 2. The van der Waals surface area contributed by atoms with E-state index in [1.807, 2.05) is 13.8 Å². The molecule has 3 aromatic rings. The van der Waals surface area contributed by atoms with Crippen molar-refractivity contribution in [2.75, 3.05) is 40.1 Å². The smallest absolute Gasteiger partial charge is 0.343 e. The third-order valence-electron chi connectivity index (χ3n) is 6.60. The summed E-state index contributed by atoms with van der Waals surface area (Å²) in [6.45, 7) is 11.7. The lowest BCUT2D eigenvalue weighted by molar-refractivity contribution is -0.143. The third kappa shape index (κ3) is 7.46. The number of fused-ring (bicyclic) bond motifs is 1. The van der Waals surface area contributed by atoms with Gasteiger partial charge in [-0.25, -0.2) is 14.6 Å². The number of aromatic nitrogens is 1. The number of benzene rings is 2. The maximum Gasteiger partial charge on any atom is 0.343 e. The first-order valence-corrected chi connectivity index (χ1v) is 15.2. The first kappa shape index (κ1) is 33.1. The minimum Gasteiger partial charge on any atom is -0.490 e. The van der Waals surface area contributed by atoms with E-state index in [0.717, 1.165) is 0 Å². The highest BCUT2D eigenvalue weighted by Gasteiger charge is 2.34. The second-order valence-electron chi connectivity index (χ2n) is 9.55. The third-order valence-corrected chi connectivity index (χ3v) is 7.58. The summed E-state index contributed by atoms with van der Waals surface area (Å²) < 4.78 is 34.9. The van der Waals surface area contributed by atoms with E-state index in [0.29, 0.717) is 62.4 Å². The summed E-state index contributed by atoms with van der Waals surface area (Å²) in [5.74, 6) is 0.656. The average Bonchev–Trinajstić information content (AvgIpc) is 3.33. The molecule has 1 aliphatic rings. The molecule has 2 aromatic carbocycles. The van der Waals surface area contributed by atoms with Crippen LogP contribution in [0.1, 0.15) is 44.9 Å². The van der Waals surface area contributed by atoms with Gasteiger partial charge in [-0.15, -0.1) is 0 Å². The fourth-order valence-corrected chi connectivity index (χ4v) is 5.73. The molecule has 0 spiro atoms. The Morgan fingerprint density at radius 3 is 2.31 bits per heavy atom. The zero-order chi connectivity index (χ0) is 32.5. The predicted octanol–water partition coefficient (Wildman–Crippen LogP) is 3.71. The van der Waals surface area contributed by atoms with Crippen LogP contribution < -0.4 is 33.8 Å². The lowest BCUT2D eigenvalue weighted by Gasteiger charge is -2.25. The van der Waals surface area contributed by atoms with Crippen LogP contribution in [0.5, 0.6) is 23.0 Å². The van der Waals surface area contributed by atoms with Gasteiger partial charge >= 0.3 is 11.9 Å². The normalized spacial score (nSPS) is 14.2. The zero-order valence-corrected chi connectivity index (χ0v) is 26.7. The van der Waals surface area contributed by atoms with E-state index < -0.39 is 18.0 Å². The Morgan fingerprint density at radius 1 is 0.956 bits per heavy atom. The van der Waals surface area contributed by atoms with Crippen molar-refractivity contribution in [3.63, 3.8) is 0 Å². The van der Waals surface area contributed by atoms with Crippen molar-refractivity contribution in [3.8, 4) is 23.0 Å². The van der Waals surface area contributed by atoms with Crippen molar-refractivity contribution < 1.29 is 38.0 Å². The van der Waals surface area contributed by atoms with Gasteiger partial charge in [-0.3, -0.25) is 9.36 Å². The Labute approximate surface area is 264 Å². The maximum absolute atomic E-state index is 14.1. The summed E-state index contributed by atoms with van der Waals surface area (Å²) in [6, 6.07) is 9.60. The molecule has 238 valence electrons. The molecule has 0 unspecified atom stereocenters. The van der Waals surface area contributed by atoms with E-state index in [1.165, 1.54) is 23.0 Å². The van der Waals surface area contributed by atoms with E-state index in [2.05, 4.69) is 16.3 Å². The van der Waals surface area contributed by atoms with Crippen LogP contribution in [0.15, 0.2) is 70.1 Å². The lowest BCUT2D eigenvalue weighted by atomic mass is 9.95. The molecule has 0 amide bonds. The summed E-state index contributed by atoms with van der Waals surface area (Å²) in [4.78, 5) is 44.0. The van der Waals surface area contributed by atoms with Gasteiger partial charge in [0.05, 0.1) is 48.8 Å². The first-order chi connectivity index (χ1) is 21.8. The number of allylic oxidation sites excluding steroid dienone is 1. The quantitative estimate of drug-likeness (QED) is 0.192. The predicted molar refractivity (Wildman–Crippen MR) is 169 cm³/mol. The lowest BCUT2D eigenvalue weighted by Crippen LogP contribution is -2.40. The monoisotopic (exact) mass is 636 g/mol. The number of hydrogen-bond acceptors (Lipinski definition) is 11. The minimum absolute atomic E-state index is 0.160. The van der Waals surface area contributed by atoms with Gasteiger partial charge in [0.15, 0.2) is 34.4 Å². The molecular formula is C33H36N2O9S. The number of nitrogens with zero attached hydrogens (tertiary/aromatic N) is 2. The largest absolute Gasteiger partial charge is 0.490 e. The molecule has 0 fully saturated rings. The summed E-state index contributed by atoms with van der Waals surface area (Å²) >= 11 is 1.20. The summed E-state index contributed by atoms with van der Waals surface area (Å²) in [5, 5.41) is 0. The molecule has 1 aliphatic heterocycles. The molecule has 2 heterocycles. The number of methoxy groups -OCH3 is 1. The van der Waals surface area contributed by atoms with Crippen LogP contribution in [-0.2, 0) is 19.1 Å². The Morgan fingerprint density at radius 2 is 1.64 bits per heavy atom. The molecule has 0 saturated heterocycles. The number of carbonyl (C=O) groups excluding carboxylic acids is 2. The van der Waals surface area contributed by atoms with Gasteiger partial charge in [0.2, 0.25) is 0 Å². The van der Waals surface area contributed by atoms with Crippen molar-refractivity contribution >= 4 is 29.4 Å². The number of ether oxygens (including phenoxy) is 6. The number of esters is 2. The van der Waals surface area contributed by atoms with E-state index in [-0.39, 0.29) is 31.0 Å². The van der Waals surface area contributed by atoms with Crippen molar-refractivity contribution in [3.05, 3.63) is 91.1 Å². The summed E-state index contributed by atoms with van der Waals surface area (Å²) in [5.41, 5.74) is 1.65. The first-order valence-electron chi connectivity index (χ1n) is 14.4. The van der Waals surface area contributed by atoms with Gasteiger partial charge in [0.1, 0.15) is 6.61 Å². The van der Waals surface area contributed by atoms with E-state index in [4.69, 9.17) is 23.7 Å². The van der Waals surface area contributed by atoms with Gasteiger partial charge in [-0.2, -0.15) is 0 Å². The van der Waals surface area contributed by atoms with Crippen LogP contribution in [0.25, 0.3) is 6.08 Å². The molecule has 1 aromatic heterocycles. The molecule has 11 nitrogen and oxygen atoms in total. The van der Waals surface area contributed by atoms with Gasteiger partial charge in [0, 0.05) is 0 Å². The fourth-order valence-electron chi connectivity index (χ4n) is 4.69. The molecule has 0 aliphatic carbocycles. The molecular weight excluding hydrogens is 600 g/mol. The number of thiazole rings is 1. The van der Waals surface area contributed by atoms with E-state index in [9.17, 15) is 14.4 Å². The summed E-state index contributed by atoms with van der Waals surface area (Å²) in [7, 11) is 1.28. The topological polar surface area (TPSA) is 124 Å². The van der Waals surface area contributed by atoms with Gasteiger partial charge in [-0.05, 0) is 69.2 Å². The molecule has 0 radical (unpaired) electrons. The highest BCUT2D eigenvalue weighted by molar-refractivity contribution is 7.07. The van der Waals surface area contributed by atoms with Crippen LogP contribution in [0.2, 0.25) is 0 Å². The van der Waals surface area contributed by atoms with E-state index >= 15 is 0 Å². The molecule has 0 N–H and O–H groups in total. The van der Waals surface area contributed by atoms with Crippen LogP contribution in [0.4, 0.5) is 0 Å². The van der Waals surface area contributed by atoms with Gasteiger partial charge in [-0.1, -0.05) is 36.1 Å². The molecule has 4 rings (SSSR count). The SMILES string of the molecule is C=CCOc1ccc([C@H]2C(C(=O)OCC)=C(C)N=c3sc(=Cc4ccc(OCC(=O)OC)c(OCC)c4)c(=O)n32)cc1OCC. The fraction of sp³-hybridized carbons (Fsp3) is 0.333. The highest BCUT2D eigenvalue weighted by Crippen LogP contribution is 2.36. The van der Waals surface area contributed by atoms with Crippen molar-refractivity contribution in [1.29, 1.82) is 0 Å². The van der Waals surface area contributed by atoms with Crippen LogP contribution in [-0.4, -0.2) is 56.6 Å². The van der Waals surface area contributed by atoms with Crippen LogP contribution in [0, 0.1) is 0 Å². The molecule has 0 saturated carbocycles. The van der Waals surface area contributed by atoms with Crippen molar-refractivity contribution in [2.24, 2.45) is 4.99 Å². The molecule has 12 heteroatoms.